The van der Waals surface area contributed by atoms with E-state index in [4.69, 9.17) is 0 Å². The van der Waals surface area contributed by atoms with Crippen LogP contribution in [0.25, 0.3) is 0 Å². The first kappa shape index (κ1) is 24.1. The maximum atomic E-state index is 13.5. The monoisotopic (exact) mass is 449 g/mol. The first-order valence-electron chi connectivity index (χ1n) is 12.5. The summed E-state index contributed by atoms with van der Waals surface area (Å²) in [5.74, 6) is -1.34. The van der Waals surface area contributed by atoms with Gasteiger partial charge in [0.1, 0.15) is 0 Å². The van der Waals surface area contributed by atoms with E-state index in [2.05, 4.69) is 37.5 Å². The molecule has 6 atom stereocenters. The molecule has 1 saturated heterocycles. The van der Waals surface area contributed by atoms with Crippen molar-refractivity contribution < 1.29 is 19.0 Å². The van der Waals surface area contributed by atoms with Crippen LogP contribution in [0.5, 0.6) is 0 Å². The van der Waals surface area contributed by atoms with Crippen LogP contribution in [0.1, 0.15) is 65.7 Å². The number of fused-ring (bicyclic) bond motifs is 1. The fraction of sp³-hybridized carbons (Fsp3) is 0.778. The fourth-order valence-corrected chi connectivity index (χ4v) is 7.25. The van der Waals surface area contributed by atoms with Crippen LogP contribution in [0.15, 0.2) is 35.5 Å². The molecule has 1 unspecified atom stereocenters. The van der Waals surface area contributed by atoms with E-state index in [0.717, 1.165) is 31.0 Å². The summed E-state index contributed by atoms with van der Waals surface area (Å²) in [7, 11) is 0. The summed E-state index contributed by atoms with van der Waals surface area (Å²) in [6.07, 6.45) is 10.1. The molecule has 3 aliphatic carbocycles. The van der Waals surface area contributed by atoms with Crippen LogP contribution in [0.4, 0.5) is 8.78 Å². The molecule has 0 aromatic heterocycles. The van der Waals surface area contributed by atoms with E-state index in [-0.39, 0.29) is 5.41 Å². The van der Waals surface area contributed by atoms with Crippen molar-refractivity contribution in [3.05, 3.63) is 35.5 Å². The van der Waals surface area contributed by atoms with Crippen molar-refractivity contribution in [2.75, 3.05) is 19.6 Å². The predicted molar refractivity (Wildman–Crippen MR) is 124 cm³/mol. The summed E-state index contributed by atoms with van der Waals surface area (Å²) >= 11 is 0. The van der Waals surface area contributed by atoms with Crippen LogP contribution in [0.2, 0.25) is 0 Å². The lowest BCUT2D eigenvalue weighted by molar-refractivity contribution is -0.109. The highest BCUT2D eigenvalue weighted by Crippen LogP contribution is 2.59. The Labute approximate surface area is 192 Å². The molecule has 5 heteroatoms. The summed E-state index contributed by atoms with van der Waals surface area (Å²) in [6, 6.07) is 0. The zero-order valence-corrected chi connectivity index (χ0v) is 20.0. The van der Waals surface area contributed by atoms with Crippen molar-refractivity contribution >= 4 is 0 Å². The van der Waals surface area contributed by atoms with Gasteiger partial charge in [0.15, 0.2) is 0 Å². The van der Waals surface area contributed by atoms with E-state index in [1.54, 1.807) is 0 Å². The highest BCUT2D eigenvalue weighted by molar-refractivity contribution is 5.38. The number of aliphatic hydroxyl groups is 2. The van der Waals surface area contributed by atoms with Crippen molar-refractivity contribution in [3.63, 3.8) is 0 Å². The number of nitrogens with zero attached hydrogens (tertiary/aromatic N) is 1. The predicted octanol–water partition coefficient (Wildman–Crippen LogP) is 5.35. The van der Waals surface area contributed by atoms with Crippen molar-refractivity contribution in [1.29, 1.82) is 0 Å². The van der Waals surface area contributed by atoms with Gasteiger partial charge in [-0.3, -0.25) is 0 Å². The smallest absolute Gasteiger partial charge is 0.250 e. The van der Waals surface area contributed by atoms with Gasteiger partial charge in [-0.25, -0.2) is 8.78 Å². The van der Waals surface area contributed by atoms with Gasteiger partial charge in [-0.2, -0.15) is 0 Å². The molecule has 3 saturated carbocycles. The van der Waals surface area contributed by atoms with Crippen LogP contribution in [-0.2, 0) is 0 Å². The number of alkyl halides is 2. The molecule has 4 fully saturated rings. The number of rotatable bonds is 5. The van der Waals surface area contributed by atoms with E-state index in [1.165, 1.54) is 31.3 Å². The molecule has 0 amide bonds. The normalized spacial score (nSPS) is 40.5. The minimum absolute atomic E-state index is 0.267. The van der Waals surface area contributed by atoms with Crippen molar-refractivity contribution in [2.24, 2.45) is 29.1 Å². The average molecular weight is 450 g/mol. The van der Waals surface area contributed by atoms with Gasteiger partial charge >= 0.3 is 0 Å². The molecule has 4 aliphatic rings. The van der Waals surface area contributed by atoms with Crippen LogP contribution in [0, 0.1) is 29.1 Å². The highest BCUT2D eigenvalue weighted by atomic mass is 19.3. The van der Waals surface area contributed by atoms with E-state index < -0.39 is 24.0 Å². The Kier molecular flexibility index (Phi) is 6.75. The number of halogens is 2. The van der Waals surface area contributed by atoms with E-state index in [1.807, 2.05) is 0 Å². The summed E-state index contributed by atoms with van der Waals surface area (Å²) < 4.78 is 27.0. The quantitative estimate of drug-likeness (QED) is 0.595. The number of allylic oxidation sites excluding steroid dienone is 3. The lowest BCUT2D eigenvalue weighted by atomic mass is 9.61. The number of likely N-dealkylation sites (tertiary alicyclic amines) is 1. The van der Waals surface area contributed by atoms with Gasteiger partial charge in [0, 0.05) is 32.0 Å². The molecule has 32 heavy (non-hydrogen) atoms. The van der Waals surface area contributed by atoms with Crippen LogP contribution in [-0.4, -0.2) is 52.9 Å². The van der Waals surface area contributed by atoms with Gasteiger partial charge in [-0.15, -0.1) is 0 Å². The first-order valence-corrected chi connectivity index (χ1v) is 12.5. The van der Waals surface area contributed by atoms with Crippen molar-refractivity contribution in [1.82, 2.24) is 4.90 Å². The van der Waals surface area contributed by atoms with E-state index in [0.29, 0.717) is 43.7 Å². The molecule has 3 nitrogen and oxygen atoms in total. The second-order valence-corrected chi connectivity index (χ2v) is 11.5. The molecule has 0 aromatic carbocycles. The first-order chi connectivity index (χ1) is 15.0. The zero-order chi connectivity index (χ0) is 23.3. The average Bonchev–Trinajstić information content (AvgIpc) is 3.02. The molecule has 1 heterocycles. The minimum Gasteiger partial charge on any atom is -0.393 e. The summed E-state index contributed by atoms with van der Waals surface area (Å²) in [5.41, 5.74) is 3.48. The Bertz CT molecular complexity index is 779. The topological polar surface area (TPSA) is 43.7 Å². The highest BCUT2D eigenvalue weighted by Gasteiger charge is 2.51. The summed E-state index contributed by atoms with van der Waals surface area (Å²) in [5, 5.41) is 20.2. The van der Waals surface area contributed by atoms with Gasteiger partial charge in [-0.1, -0.05) is 38.2 Å². The van der Waals surface area contributed by atoms with Crippen LogP contribution >= 0.6 is 0 Å². The molecule has 2 N–H and O–H groups in total. The van der Waals surface area contributed by atoms with E-state index >= 15 is 0 Å². The molecule has 180 valence electrons. The summed E-state index contributed by atoms with van der Waals surface area (Å²) in [4.78, 5) is 2.22. The van der Waals surface area contributed by atoms with Crippen molar-refractivity contribution in [3.8, 4) is 0 Å². The standard InChI is InChI=1S/C27H41F2NO2/c1-17(14-30-15-21(16-30)27(4,28)29)23-9-10-24-19(6-5-11-26(23,24)3)7-8-20-12-22(31)13-25(32)18(20)2/h7-8,17,21-25,31-32H,2,5-6,9-16H2,1,3-4H3/b19-7+,20-8-/t17?,22-,23-,24+,25+,26-/m1/s1. The van der Waals surface area contributed by atoms with Crippen molar-refractivity contribution in [2.45, 2.75) is 83.8 Å². The van der Waals surface area contributed by atoms with Gasteiger partial charge in [0.2, 0.25) is 0 Å². The van der Waals surface area contributed by atoms with Crippen LogP contribution < -0.4 is 0 Å². The SMILES string of the molecule is C=C1/C(=C\C=C2/CCC[C@]3(C)[C@@H](C(C)CN4CC(C(C)(F)F)C4)CC[C@@H]23)C[C@@H](O)C[C@@H]1O. The Morgan fingerprint density at radius 1 is 1.25 bits per heavy atom. The number of aliphatic hydroxyl groups excluding tert-OH is 2. The molecule has 4 rings (SSSR count). The molecule has 0 radical (unpaired) electrons. The lowest BCUT2D eigenvalue weighted by Gasteiger charge is -2.47. The molecule has 0 bridgehead atoms. The zero-order valence-electron chi connectivity index (χ0n) is 20.0. The second-order valence-electron chi connectivity index (χ2n) is 11.5. The third-order valence-corrected chi connectivity index (χ3v) is 9.21. The largest absolute Gasteiger partial charge is 0.393 e. The maximum absolute atomic E-state index is 13.5. The van der Waals surface area contributed by atoms with Crippen LogP contribution in [0.3, 0.4) is 0 Å². The molecule has 1 aliphatic heterocycles. The molecule has 0 spiro atoms. The van der Waals surface area contributed by atoms with Gasteiger partial charge < -0.3 is 15.1 Å². The number of hydrogen-bond acceptors (Lipinski definition) is 3. The Balaban J connectivity index is 1.42. The Morgan fingerprint density at radius 2 is 1.97 bits per heavy atom. The number of hydrogen-bond donors (Lipinski definition) is 2. The molecule has 0 aromatic rings. The second kappa shape index (κ2) is 8.96. The third-order valence-electron chi connectivity index (χ3n) is 9.21. The lowest BCUT2D eigenvalue weighted by Crippen LogP contribution is -2.55. The minimum atomic E-state index is -2.56. The summed E-state index contributed by atoms with van der Waals surface area (Å²) in [6.45, 7) is 11.9. The Hall–Kier alpha value is -1.04. The van der Waals surface area contributed by atoms with Gasteiger partial charge in [0.05, 0.1) is 12.2 Å². The van der Waals surface area contributed by atoms with E-state index in [9.17, 15) is 19.0 Å². The molecular weight excluding hydrogens is 408 g/mol. The Morgan fingerprint density at radius 3 is 2.66 bits per heavy atom. The van der Waals surface area contributed by atoms with Gasteiger partial charge in [0.25, 0.3) is 5.92 Å². The fourth-order valence-electron chi connectivity index (χ4n) is 7.25. The maximum Gasteiger partial charge on any atom is 0.250 e. The molecular formula is C27H41F2NO2. The third kappa shape index (κ3) is 4.63. The van der Waals surface area contributed by atoms with Gasteiger partial charge in [-0.05, 0) is 79.8 Å².